The van der Waals surface area contributed by atoms with Crippen molar-refractivity contribution < 1.29 is 19.1 Å². The van der Waals surface area contributed by atoms with Crippen LogP contribution in [-0.2, 0) is 9.59 Å². The molecule has 0 spiro atoms. The highest BCUT2D eigenvalue weighted by molar-refractivity contribution is 5.93. The molecule has 0 radical (unpaired) electrons. The first-order valence-corrected chi connectivity index (χ1v) is 3.89. The predicted molar refractivity (Wildman–Crippen MR) is 48.4 cm³/mol. The number of carboxylic acids is 1. The Balaban J connectivity index is 2.37. The van der Waals surface area contributed by atoms with Crippen LogP contribution in [0.5, 0.6) is 0 Å². The minimum Gasteiger partial charge on any atom is -0.480 e. The fourth-order valence-corrected chi connectivity index (χ4v) is 0.766. The first-order valence-electron chi connectivity index (χ1n) is 3.89. The van der Waals surface area contributed by atoms with Crippen LogP contribution in [0.4, 0.5) is 0 Å². The van der Waals surface area contributed by atoms with Crippen molar-refractivity contribution in [2.24, 2.45) is 0 Å². The van der Waals surface area contributed by atoms with Gasteiger partial charge in [-0.1, -0.05) is 0 Å². The van der Waals surface area contributed by atoms with Gasteiger partial charge in [-0.05, 0) is 18.2 Å². The summed E-state index contributed by atoms with van der Waals surface area (Å²) in [5, 5.41) is 10.4. The van der Waals surface area contributed by atoms with Crippen LogP contribution in [0.25, 0.3) is 6.08 Å². The number of amides is 1. The third kappa shape index (κ3) is 3.57. The Kier molecular flexibility index (Phi) is 3.49. The van der Waals surface area contributed by atoms with E-state index >= 15 is 0 Å². The molecule has 1 amide bonds. The molecule has 14 heavy (non-hydrogen) atoms. The van der Waals surface area contributed by atoms with Crippen molar-refractivity contribution in [2.75, 3.05) is 6.54 Å². The zero-order valence-corrected chi connectivity index (χ0v) is 7.27. The van der Waals surface area contributed by atoms with Crippen LogP contribution in [0.1, 0.15) is 5.76 Å². The molecule has 5 heteroatoms. The molecule has 0 aliphatic rings. The van der Waals surface area contributed by atoms with Gasteiger partial charge in [-0.2, -0.15) is 0 Å². The summed E-state index contributed by atoms with van der Waals surface area (Å²) >= 11 is 0. The van der Waals surface area contributed by atoms with Crippen molar-refractivity contribution in [1.29, 1.82) is 0 Å². The molecule has 1 rings (SSSR count). The van der Waals surface area contributed by atoms with Crippen LogP contribution < -0.4 is 5.32 Å². The Bertz CT molecular complexity index is 340. The number of furan rings is 1. The average Bonchev–Trinajstić information content (AvgIpc) is 2.63. The van der Waals surface area contributed by atoms with Gasteiger partial charge in [-0.3, -0.25) is 9.59 Å². The number of rotatable bonds is 4. The van der Waals surface area contributed by atoms with E-state index in [1.807, 2.05) is 0 Å². The Labute approximate surface area is 80.0 Å². The van der Waals surface area contributed by atoms with Crippen molar-refractivity contribution in [3.63, 3.8) is 0 Å². The highest BCUT2D eigenvalue weighted by Gasteiger charge is 1.99. The molecule has 0 atom stereocenters. The lowest BCUT2D eigenvalue weighted by atomic mass is 10.4. The Morgan fingerprint density at radius 1 is 1.57 bits per heavy atom. The van der Waals surface area contributed by atoms with Gasteiger partial charge < -0.3 is 14.8 Å². The maximum absolute atomic E-state index is 10.9. The maximum atomic E-state index is 10.9. The highest BCUT2D eigenvalue weighted by atomic mass is 16.4. The number of hydrogen-bond donors (Lipinski definition) is 2. The second-order valence-electron chi connectivity index (χ2n) is 2.46. The van der Waals surface area contributed by atoms with E-state index in [9.17, 15) is 9.59 Å². The summed E-state index contributed by atoms with van der Waals surface area (Å²) in [6.07, 6.45) is 4.15. The molecule has 0 aliphatic carbocycles. The van der Waals surface area contributed by atoms with Crippen molar-refractivity contribution in [2.45, 2.75) is 0 Å². The summed E-state index contributed by atoms with van der Waals surface area (Å²) in [6.45, 7) is -0.388. The molecule has 5 nitrogen and oxygen atoms in total. The largest absolute Gasteiger partial charge is 0.480 e. The van der Waals surface area contributed by atoms with Crippen LogP contribution in [0.2, 0.25) is 0 Å². The number of carbonyl (C=O) groups excluding carboxylic acids is 1. The molecule has 2 N–H and O–H groups in total. The molecular formula is C9H9NO4. The standard InChI is InChI=1S/C9H9NO4/c11-8(10-6-9(12)13)4-3-7-2-1-5-14-7/h1-5H,6H2,(H,10,11)(H,12,13). The minimum absolute atomic E-state index is 0.388. The molecule has 0 bridgehead atoms. The van der Waals surface area contributed by atoms with Gasteiger partial charge in [0.1, 0.15) is 12.3 Å². The first kappa shape index (κ1) is 10.0. The lowest BCUT2D eigenvalue weighted by Crippen LogP contribution is -2.27. The van der Waals surface area contributed by atoms with E-state index in [-0.39, 0.29) is 6.54 Å². The topological polar surface area (TPSA) is 79.5 Å². The molecule has 1 heterocycles. The molecule has 74 valence electrons. The van der Waals surface area contributed by atoms with E-state index in [4.69, 9.17) is 9.52 Å². The highest BCUT2D eigenvalue weighted by Crippen LogP contribution is 2.01. The summed E-state index contributed by atoms with van der Waals surface area (Å²) in [6, 6.07) is 3.37. The molecule has 0 saturated heterocycles. The lowest BCUT2D eigenvalue weighted by Gasteiger charge is -1.94. The summed E-state index contributed by atoms with van der Waals surface area (Å²) in [5.74, 6) is -1.01. The summed E-state index contributed by atoms with van der Waals surface area (Å²) < 4.78 is 4.93. The van der Waals surface area contributed by atoms with E-state index in [1.165, 1.54) is 18.4 Å². The molecule has 0 aliphatic heterocycles. The van der Waals surface area contributed by atoms with Crippen LogP contribution >= 0.6 is 0 Å². The minimum atomic E-state index is -1.08. The summed E-state index contributed by atoms with van der Waals surface area (Å²) in [5.41, 5.74) is 0. The van der Waals surface area contributed by atoms with Gasteiger partial charge in [0.2, 0.25) is 5.91 Å². The van der Waals surface area contributed by atoms with Crippen molar-refractivity contribution in [3.05, 3.63) is 30.2 Å². The van der Waals surface area contributed by atoms with Gasteiger partial charge in [-0.25, -0.2) is 0 Å². The molecule has 0 aromatic carbocycles. The maximum Gasteiger partial charge on any atom is 0.322 e. The number of carbonyl (C=O) groups is 2. The first-order chi connectivity index (χ1) is 6.68. The zero-order chi connectivity index (χ0) is 10.4. The van der Waals surface area contributed by atoms with Crippen LogP contribution in [0.3, 0.4) is 0 Å². The molecule has 0 saturated carbocycles. The third-order valence-corrected chi connectivity index (χ3v) is 1.36. The Hall–Kier alpha value is -2.04. The number of nitrogens with one attached hydrogen (secondary N) is 1. The fourth-order valence-electron chi connectivity index (χ4n) is 0.766. The van der Waals surface area contributed by atoms with Crippen LogP contribution in [0.15, 0.2) is 28.9 Å². The number of carboxylic acid groups (broad SMARTS) is 1. The van der Waals surface area contributed by atoms with Gasteiger partial charge in [0.15, 0.2) is 0 Å². The predicted octanol–water partition coefficient (Wildman–Crippen LogP) is 0.494. The quantitative estimate of drug-likeness (QED) is 0.685. The van der Waals surface area contributed by atoms with Gasteiger partial charge in [0.05, 0.1) is 6.26 Å². The second-order valence-corrected chi connectivity index (χ2v) is 2.46. The van der Waals surface area contributed by atoms with Crippen LogP contribution in [0, 0.1) is 0 Å². The van der Waals surface area contributed by atoms with Crippen molar-refractivity contribution in [3.8, 4) is 0 Å². The summed E-state index contributed by atoms with van der Waals surface area (Å²) in [4.78, 5) is 21.0. The average molecular weight is 195 g/mol. The number of aliphatic carboxylic acids is 1. The smallest absolute Gasteiger partial charge is 0.322 e. The van der Waals surface area contributed by atoms with Gasteiger partial charge in [-0.15, -0.1) is 0 Å². The molecule has 1 aromatic heterocycles. The van der Waals surface area contributed by atoms with Crippen LogP contribution in [-0.4, -0.2) is 23.5 Å². The fraction of sp³-hybridized carbons (Fsp3) is 0.111. The van der Waals surface area contributed by atoms with Crippen molar-refractivity contribution >= 4 is 18.0 Å². The van der Waals surface area contributed by atoms with E-state index in [0.717, 1.165) is 0 Å². The molecular weight excluding hydrogens is 186 g/mol. The number of hydrogen-bond acceptors (Lipinski definition) is 3. The van der Waals surface area contributed by atoms with Crippen molar-refractivity contribution in [1.82, 2.24) is 5.32 Å². The van der Waals surface area contributed by atoms with Gasteiger partial charge >= 0.3 is 5.97 Å². The lowest BCUT2D eigenvalue weighted by molar-refractivity contribution is -0.137. The molecule has 1 aromatic rings. The molecule has 0 fully saturated rings. The van der Waals surface area contributed by atoms with Gasteiger partial charge in [0, 0.05) is 6.08 Å². The van der Waals surface area contributed by atoms with E-state index < -0.39 is 11.9 Å². The normalized spacial score (nSPS) is 10.3. The Morgan fingerprint density at radius 2 is 2.36 bits per heavy atom. The zero-order valence-electron chi connectivity index (χ0n) is 7.27. The Morgan fingerprint density at radius 3 is 2.93 bits per heavy atom. The third-order valence-electron chi connectivity index (χ3n) is 1.36. The van der Waals surface area contributed by atoms with E-state index in [0.29, 0.717) is 5.76 Å². The monoisotopic (exact) mass is 195 g/mol. The SMILES string of the molecule is O=C(O)CNC(=O)C=Cc1ccco1. The van der Waals surface area contributed by atoms with E-state index in [2.05, 4.69) is 5.32 Å². The molecule has 0 unspecified atom stereocenters. The second kappa shape index (κ2) is 4.86. The van der Waals surface area contributed by atoms with Gasteiger partial charge in [0.25, 0.3) is 0 Å². The summed E-state index contributed by atoms with van der Waals surface area (Å²) in [7, 11) is 0. The van der Waals surface area contributed by atoms with E-state index in [1.54, 1.807) is 12.1 Å².